The number of aliphatic hydroxyl groups excluding tert-OH is 1. The molecule has 0 saturated carbocycles. The summed E-state index contributed by atoms with van der Waals surface area (Å²) in [7, 11) is -3.29. The van der Waals surface area contributed by atoms with Gasteiger partial charge in [-0.2, -0.15) is 5.10 Å². The topological polar surface area (TPSA) is 114 Å². The molecule has 0 spiro atoms. The lowest BCUT2D eigenvalue weighted by Gasteiger charge is -2.15. The summed E-state index contributed by atoms with van der Waals surface area (Å²) in [5, 5.41) is 19.0. The first kappa shape index (κ1) is 21.6. The van der Waals surface area contributed by atoms with E-state index in [1.807, 2.05) is 0 Å². The molecule has 0 saturated heterocycles. The van der Waals surface area contributed by atoms with Crippen LogP contribution < -0.4 is 5.32 Å². The Hall–Kier alpha value is -3.11. The maximum absolute atomic E-state index is 13.8. The first-order chi connectivity index (χ1) is 14.1. The summed E-state index contributed by atoms with van der Waals surface area (Å²) < 4.78 is 37.5. The standard InChI is InChI=1S/C20H21FN4O4S/c1-12(7-8-30(3,28)29)24-19(26)17-9-14-10-23-25(18(14)11-22-17)20(27)15-5-4-6-16(21)13(15)2/h4-12,20,27H,1-3H3,(H,24,26)/b8-7+/t12-,20+/m1/s1. The van der Waals surface area contributed by atoms with Gasteiger partial charge in [0.05, 0.1) is 17.9 Å². The number of carbonyl (C=O) groups is 1. The summed E-state index contributed by atoms with van der Waals surface area (Å²) in [6, 6.07) is 5.41. The lowest BCUT2D eigenvalue weighted by Crippen LogP contribution is -2.31. The van der Waals surface area contributed by atoms with Gasteiger partial charge in [0, 0.05) is 28.7 Å². The number of aromatic nitrogens is 3. The van der Waals surface area contributed by atoms with Crippen LogP contribution in [-0.4, -0.2) is 46.5 Å². The van der Waals surface area contributed by atoms with Gasteiger partial charge in [0.2, 0.25) is 0 Å². The number of benzene rings is 1. The van der Waals surface area contributed by atoms with E-state index in [2.05, 4.69) is 15.4 Å². The van der Waals surface area contributed by atoms with Crippen molar-refractivity contribution in [3.8, 4) is 0 Å². The Morgan fingerprint density at radius 1 is 1.33 bits per heavy atom. The maximum Gasteiger partial charge on any atom is 0.270 e. The Morgan fingerprint density at radius 2 is 2.07 bits per heavy atom. The third-order valence-electron chi connectivity index (χ3n) is 4.51. The molecule has 1 aromatic carbocycles. The van der Waals surface area contributed by atoms with E-state index in [0.717, 1.165) is 11.7 Å². The Kier molecular flexibility index (Phi) is 5.99. The number of aliphatic hydroxyl groups is 1. The van der Waals surface area contributed by atoms with E-state index in [1.165, 1.54) is 41.4 Å². The molecule has 0 radical (unpaired) electrons. The van der Waals surface area contributed by atoms with Gasteiger partial charge in [-0.1, -0.05) is 18.2 Å². The zero-order valence-electron chi connectivity index (χ0n) is 16.6. The van der Waals surface area contributed by atoms with Crippen molar-refractivity contribution in [2.75, 3.05) is 6.26 Å². The molecule has 3 rings (SSSR count). The number of halogens is 1. The van der Waals surface area contributed by atoms with Crippen LogP contribution in [0.3, 0.4) is 0 Å². The predicted octanol–water partition coefficient (Wildman–Crippen LogP) is 2.09. The van der Waals surface area contributed by atoms with Crippen molar-refractivity contribution in [3.63, 3.8) is 0 Å². The average Bonchev–Trinajstić information content (AvgIpc) is 3.10. The van der Waals surface area contributed by atoms with E-state index in [9.17, 15) is 22.7 Å². The average molecular weight is 432 g/mol. The number of nitrogens with one attached hydrogen (secondary N) is 1. The molecule has 2 heterocycles. The maximum atomic E-state index is 13.8. The van der Waals surface area contributed by atoms with Gasteiger partial charge in [-0.15, -0.1) is 0 Å². The molecule has 10 heteroatoms. The minimum atomic E-state index is -3.29. The zero-order chi connectivity index (χ0) is 22.1. The van der Waals surface area contributed by atoms with Crippen LogP contribution in [0.5, 0.6) is 0 Å². The molecule has 0 aliphatic heterocycles. The minimum Gasteiger partial charge on any atom is -0.368 e. The zero-order valence-corrected chi connectivity index (χ0v) is 17.4. The number of carbonyl (C=O) groups excluding carboxylic acids is 1. The van der Waals surface area contributed by atoms with Crippen molar-refractivity contribution >= 4 is 26.6 Å². The van der Waals surface area contributed by atoms with Crippen LogP contribution in [0.25, 0.3) is 10.9 Å². The van der Waals surface area contributed by atoms with Gasteiger partial charge in [-0.05, 0) is 31.5 Å². The van der Waals surface area contributed by atoms with Crippen LogP contribution in [0, 0.1) is 12.7 Å². The number of nitrogens with zero attached hydrogens (tertiary/aromatic N) is 3. The Labute approximate surface area is 173 Å². The number of sulfone groups is 1. The highest BCUT2D eigenvalue weighted by Gasteiger charge is 2.19. The number of fused-ring (bicyclic) bond motifs is 1. The molecule has 1 amide bonds. The summed E-state index contributed by atoms with van der Waals surface area (Å²) in [6.45, 7) is 3.20. The molecule has 0 aliphatic carbocycles. The summed E-state index contributed by atoms with van der Waals surface area (Å²) in [4.78, 5) is 16.5. The third-order valence-corrected chi connectivity index (χ3v) is 5.16. The number of amides is 1. The van der Waals surface area contributed by atoms with Crippen molar-refractivity contribution < 1.29 is 22.7 Å². The monoisotopic (exact) mass is 432 g/mol. The largest absolute Gasteiger partial charge is 0.368 e. The molecule has 0 unspecified atom stereocenters. The van der Waals surface area contributed by atoms with Crippen molar-refractivity contribution in [2.24, 2.45) is 0 Å². The second kappa shape index (κ2) is 8.33. The molecule has 3 aromatic rings. The number of hydrogen-bond acceptors (Lipinski definition) is 6. The fourth-order valence-corrected chi connectivity index (χ4v) is 3.41. The molecule has 8 nitrogen and oxygen atoms in total. The van der Waals surface area contributed by atoms with Gasteiger partial charge in [-0.3, -0.25) is 4.79 Å². The number of pyridine rings is 1. The third kappa shape index (κ3) is 4.71. The van der Waals surface area contributed by atoms with Gasteiger partial charge in [0.15, 0.2) is 16.1 Å². The van der Waals surface area contributed by atoms with E-state index < -0.39 is 33.8 Å². The molecule has 158 valence electrons. The molecule has 2 N–H and O–H groups in total. The second-order valence-corrected chi connectivity index (χ2v) is 8.90. The molecular formula is C20H21FN4O4S. The Balaban J connectivity index is 1.84. The summed E-state index contributed by atoms with van der Waals surface area (Å²) in [5.74, 6) is -0.920. The van der Waals surface area contributed by atoms with Crippen LogP contribution in [0.4, 0.5) is 4.39 Å². The van der Waals surface area contributed by atoms with Crippen LogP contribution in [0.1, 0.15) is 34.8 Å². The lowest BCUT2D eigenvalue weighted by molar-refractivity contribution is 0.0942. The molecule has 0 bridgehead atoms. The van der Waals surface area contributed by atoms with Gasteiger partial charge in [0.1, 0.15) is 11.5 Å². The highest BCUT2D eigenvalue weighted by molar-refractivity contribution is 7.93. The van der Waals surface area contributed by atoms with Gasteiger partial charge in [0.25, 0.3) is 5.91 Å². The van der Waals surface area contributed by atoms with Crippen molar-refractivity contribution in [1.29, 1.82) is 0 Å². The fourth-order valence-electron chi connectivity index (χ4n) is 2.89. The normalized spacial score (nSPS) is 14.2. The number of hydrogen-bond donors (Lipinski definition) is 2. The van der Waals surface area contributed by atoms with Crippen LogP contribution in [0.2, 0.25) is 0 Å². The smallest absolute Gasteiger partial charge is 0.270 e. The molecule has 2 aromatic heterocycles. The van der Waals surface area contributed by atoms with Crippen LogP contribution in [-0.2, 0) is 9.84 Å². The van der Waals surface area contributed by atoms with E-state index >= 15 is 0 Å². The van der Waals surface area contributed by atoms with E-state index in [1.54, 1.807) is 19.9 Å². The predicted molar refractivity (Wildman–Crippen MR) is 110 cm³/mol. The Morgan fingerprint density at radius 3 is 2.77 bits per heavy atom. The van der Waals surface area contributed by atoms with E-state index in [0.29, 0.717) is 22.0 Å². The quantitative estimate of drug-likeness (QED) is 0.617. The minimum absolute atomic E-state index is 0.109. The molecule has 30 heavy (non-hydrogen) atoms. The van der Waals surface area contributed by atoms with E-state index in [4.69, 9.17) is 0 Å². The highest BCUT2D eigenvalue weighted by Crippen LogP contribution is 2.25. The van der Waals surface area contributed by atoms with Gasteiger partial charge in [-0.25, -0.2) is 22.5 Å². The van der Waals surface area contributed by atoms with E-state index in [-0.39, 0.29) is 5.69 Å². The second-order valence-electron chi connectivity index (χ2n) is 6.97. The first-order valence-electron chi connectivity index (χ1n) is 9.02. The molecule has 2 atom stereocenters. The van der Waals surface area contributed by atoms with Crippen molar-refractivity contribution in [3.05, 3.63) is 70.8 Å². The molecule has 0 aliphatic rings. The van der Waals surface area contributed by atoms with Gasteiger partial charge >= 0.3 is 0 Å². The SMILES string of the molecule is Cc1c(F)cccc1[C@H](O)n1ncc2cc(C(=O)N[C@H](C)/C=C/S(C)(=O)=O)ncc21. The first-order valence-corrected chi connectivity index (χ1v) is 11.0. The fraction of sp³-hybridized carbons (Fsp3) is 0.250. The van der Waals surface area contributed by atoms with Crippen molar-refractivity contribution in [2.45, 2.75) is 26.1 Å². The summed E-state index contributed by atoms with van der Waals surface area (Å²) in [5.41, 5.74) is 1.26. The van der Waals surface area contributed by atoms with Gasteiger partial charge < -0.3 is 10.4 Å². The highest BCUT2D eigenvalue weighted by atomic mass is 32.2. The summed E-state index contributed by atoms with van der Waals surface area (Å²) >= 11 is 0. The summed E-state index contributed by atoms with van der Waals surface area (Å²) in [6.07, 6.45) is 4.07. The number of rotatable bonds is 6. The lowest BCUT2D eigenvalue weighted by atomic mass is 10.1. The molecular weight excluding hydrogens is 411 g/mol. The van der Waals surface area contributed by atoms with Crippen molar-refractivity contribution in [1.82, 2.24) is 20.1 Å². The van der Waals surface area contributed by atoms with Crippen LogP contribution >= 0.6 is 0 Å². The Bertz CT molecular complexity index is 1240. The molecule has 0 fully saturated rings. The van der Waals surface area contributed by atoms with Crippen LogP contribution in [0.15, 0.2) is 48.1 Å².